The predicted octanol–water partition coefficient (Wildman–Crippen LogP) is 0.173. The van der Waals surface area contributed by atoms with E-state index in [-0.39, 0.29) is 5.91 Å². The summed E-state index contributed by atoms with van der Waals surface area (Å²) in [5, 5.41) is 0. The summed E-state index contributed by atoms with van der Waals surface area (Å²) in [6.45, 7) is 3.27. The zero-order valence-electron chi connectivity index (χ0n) is 10.4. The molecule has 1 heterocycles. The van der Waals surface area contributed by atoms with E-state index in [1.807, 2.05) is 11.9 Å². The molecule has 0 atom stereocenters. The minimum atomic E-state index is -0.478. The Labute approximate surface area is 106 Å². The summed E-state index contributed by atoms with van der Waals surface area (Å²) in [5.41, 5.74) is 6.18. The first-order valence-corrected chi connectivity index (χ1v) is 5.95. The summed E-state index contributed by atoms with van der Waals surface area (Å²) in [4.78, 5) is 27.1. The molecule has 18 heavy (non-hydrogen) atoms. The van der Waals surface area contributed by atoms with Crippen molar-refractivity contribution in [1.82, 2.24) is 9.80 Å². The van der Waals surface area contributed by atoms with E-state index in [1.54, 1.807) is 24.3 Å². The molecule has 2 N–H and O–H groups in total. The third-order valence-corrected chi connectivity index (χ3v) is 3.21. The Balaban J connectivity index is 2.07. The number of primary amides is 1. The first kappa shape index (κ1) is 12.6. The van der Waals surface area contributed by atoms with E-state index in [9.17, 15) is 9.59 Å². The number of carbonyl (C=O) groups is 2. The number of benzene rings is 1. The maximum atomic E-state index is 12.2. The van der Waals surface area contributed by atoms with Crippen molar-refractivity contribution in [3.8, 4) is 0 Å². The van der Waals surface area contributed by atoms with E-state index in [0.29, 0.717) is 11.1 Å². The summed E-state index contributed by atoms with van der Waals surface area (Å²) in [6, 6.07) is 6.48. The van der Waals surface area contributed by atoms with Crippen LogP contribution in [0.15, 0.2) is 24.3 Å². The fraction of sp³-hybridized carbons (Fsp3) is 0.385. The van der Waals surface area contributed by atoms with E-state index >= 15 is 0 Å². The van der Waals surface area contributed by atoms with Gasteiger partial charge in [-0.05, 0) is 31.3 Å². The van der Waals surface area contributed by atoms with Crippen LogP contribution in [0.3, 0.4) is 0 Å². The molecule has 0 radical (unpaired) electrons. The maximum Gasteiger partial charge on any atom is 0.253 e. The summed E-state index contributed by atoms with van der Waals surface area (Å²) >= 11 is 0. The van der Waals surface area contributed by atoms with Crippen molar-refractivity contribution >= 4 is 11.8 Å². The van der Waals surface area contributed by atoms with Crippen LogP contribution in [-0.2, 0) is 0 Å². The number of nitrogens with two attached hydrogens (primary N) is 1. The van der Waals surface area contributed by atoms with Gasteiger partial charge in [-0.15, -0.1) is 0 Å². The standard InChI is InChI=1S/C13H17N3O2/c1-15-6-8-16(9-7-15)13(18)11-4-2-10(3-5-11)12(14)17/h2-5H,6-9H2,1H3,(H2,14,17). The summed E-state index contributed by atoms with van der Waals surface area (Å²) < 4.78 is 0. The van der Waals surface area contributed by atoms with Crippen LogP contribution in [0, 0.1) is 0 Å². The Morgan fingerprint density at radius 2 is 1.50 bits per heavy atom. The van der Waals surface area contributed by atoms with Crippen molar-refractivity contribution in [3.63, 3.8) is 0 Å². The molecule has 5 heteroatoms. The zero-order chi connectivity index (χ0) is 13.1. The lowest BCUT2D eigenvalue weighted by atomic mass is 10.1. The van der Waals surface area contributed by atoms with E-state index in [2.05, 4.69) is 4.90 Å². The Morgan fingerprint density at radius 1 is 1.00 bits per heavy atom. The smallest absolute Gasteiger partial charge is 0.253 e. The lowest BCUT2D eigenvalue weighted by Gasteiger charge is -2.32. The van der Waals surface area contributed by atoms with Gasteiger partial charge < -0.3 is 15.5 Å². The second kappa shape index (κ2) is 5.18. The van der Waals surface area contributed by atoms with Gasteiger partial charge in [0.15, 0.2) is 0 Å². The molecule has 0 aliphatic carbocycles. The number of piperazine rings is 1. The van der Waals surface area contributed by atoms with Gasteiger partial charge in [-0.2, -0.15) is 0 Å². The second-order valence-electron chi connectivity index (χ2n) is 4.54. The molecule has 0 bridgehead atoms. The number of hydrogen-bond acceptors (Lipinski definition) is 3. The lowest BCUT2D eigenvalue weighted by Crippen LogP contribution is -2.47. The highest BCUT2D eigenvalue weighted by molar-refractivity contribution is 5.97. The lowest BCUT2D eigenvalue weighted by molar-refractivity contribution is 0.0663. The molecule has 0 saturated carbocycles. The average Bonchev–Trinajstić information content (AvgIpc) is 2.39. The van der Waals surface area contributed by atoms with Crippen molar-refractivity contribution in [2.75, 3.05) is 33.2 Å². The molecule has 96 valence electrons. The molecule has 1 aromatic carbocycles. The van der Waals surface area contributed by atoms with Gasteiger partial charge in [-0.25, -0.2) is 0 Å². The van der Waals surface area contributed by atoms with Crippen LogP contribution < -0.4 is 5.73 Å². The molecule has 5 nitrogen and oxygen atoms in total. The van der Waals surface area contributed by atoms with Crippen LogP contribution in [0.4, 0.5) is 0 Å². The van der Waals surface area contributed by atoms with Crippen LogP contribution >= 0.6 is 0 Å². The van der Waals surface area contributed by atoms with Crippen molar-refractivity contribution in [1.29, 1.82) is 0 Å². The predicted molar refractivity (Wildman–Crippen MR) is 68.4 cm³/mol. The molecule has 1 saturated heterocycles. The summed E-state index contributed by atoms with van der Waals surface area (Å²) in [7, 11) is 2.05. The van der Waals surface area contributed by atoms with Gasteiger partial charge in [0.25, 0.3) is 5.91 Å². The molecule has 2 amide bonds. The zero-order valence-corrected chi connectivity index (χ0v) is 10.4. The SMILES string of the molecule is CN1CCN(C(=O)c2ccc(C(N)=O)cc2)CC1. The number of amides is 2. The number of carbonyl (C=O) groups excluding carboxylic acids is 2. The Bertz CT molecular complexity index is 448. The third-order valence-electron chi connectivity index (χ3n) is 3.21. The molecule has 0 aromatic heterocycles. The van der Waals surface area contributed by atoms with Crippen molar-refractivity contribution in [3.05, 3.63) is 35.4 Å². The third kappa shape index (κ3) is 2.68. The molecule has 1 aliphatic rings. The minimum absolute atomic E-state index is 0.0131. The highest BCUT2D eigenvalue weighted by Crippen LogP contribution is 2.09. The van der Waals surface area contributed by atoms with E-state index < -0.39 is 5.91 Å². The fourth-order valence-corrected chi connectivity index (χ4v) is 1.97. The fourth-order valence-electron chi connectivity index (χ4n) is 1.97. The molecule has 0 unspecified atom stereocenters. The Morgan fingerprint density at radius 3 is 2.00 bits per heavy atom. The van der Waals surface area contributed by atoms with Crippen molar-refractivity contribution in [2.24, 2.45) is 5.73 Å². The van der Waals surface area contributed by atoms with E-state index in [4.69, 9.17) is 5.73 Å². The van der Waals surface area contributed by atoms with Crippen molar-refractivity contribution in [2.45, 2.75) is 0 Å². The molecule has 2 rings (SSSR count). The second-order valence-corrected chi connectivity index (χ2v) is 4.54. The quantitative estimate of drug-likeness (QED) is 0.810. The minimum Gasteiger partial charge on any atom is -0.366 e. The normalized spacial score (nSPS) is 16.6. The van der Waals surface area contributed by atoms with Crippen molar-refractivity contribution < 1.29 is 9.59 Å². The summed E-state index contributed by atoms with van der Waals surface area (Å²) in [5.74, 6) is -0.465. The highest BCUT2D eigenvalue weighted by Gasteiger charge is 2.20. The number of rotatable bonds is 2. The van der Waals surface area contributed by atoms with E-state index in [0.717, 1.165) is 26.2 Å². The number of likely N-dealkylation sites (N-methyl/N-ethyl adjacent to an activating group) is 1. The van der Waals surface area contributed by atoms with Gasteiger partial charge in [-0.1, -0.05) is 0 Å². The maximum absolute atomic E-state index is 12.2. The highest BCUT2D eigenvalue weighted by atomic mass is 16.2. The average molecular weight is 247 g/mol. The van der Waals surface area contributed by atoms with Gasteiger partial charge in [-0.3, -0.25) is 9.59 Å². The first-order valence-electron chi connectivity index (χ1n) is 5.95. The van der Waals surface area contributed by atoms with Crippen LogP contribution in [0.2, 0.25) is 0 Å². The van der Waals surface area contributed by atoms with Crippen LogP contribution in [0.5, 0.6) is 0 Å². The number of nitrogens with zero attached hydrogens (tertiary/aromatic N) is 2. The Kier molecular flexibility index (Phi) is 3.62. The Hall–Kier alpha value is -1.88. The first-order chi connectivity index (χ1) is 8.58. The van der Waals surface area contributed by atoms with E-state index in [1.165, 1.54) is 0 Å². The molecule has 1 aliphatic heterocycles. The van der Waals surface area contributed by atoms with Crippen LogP contribution in [0.25, 0.3) is 0 Å². The summed E-state index contributed by atoms with van der Waals surface area (Å²) in [6.07, 6.45) is 0. The molecule has 1 aromatic rings. The van der Waals surface area contributed by atoms with Gasteiger partial charge in [0.05, 0.1) is 0 Å². The largest absolute Gasteiger partial charge is 0.366 e. The monoisotopic (exact) mass is 247 g/mol. The van der Waals surface area contributed by atoms with Gasteiger partial charge >= 0.3 is 0 Å². The molecule has 1 fully saturated rings. The van der Waals surface area contributed by atoms with Crippen LogP contribution in [0.1, 0.15) is 20.7 Å². The van der Waals surface area contributed by atoms with Gasteiger partial charge in [0.2, 0.25) is 5.91 Å². The van der Waals surface area contributed by atoms with Crippen LogP contribution in [-0.4, -0.2) is 54.8 Å². The molecule has 0 spiro atoms. The van der Waals surface area contributed by atoms with Gasteiger partial charge in [0, 0.05) is 37.3 Å². The topological polar surface area (TPSA) is 66.6 Å². The molecular weight excluding hydrogens is 230 g/mol. The van der Waals surface area contributed by atoms with Gasteiger partial charge in [0.1, 0.15) is 0 Å². The molecular formula is C13H17N3O2. The number of hydrogen-bond donors (Lipinski definition) is 1.